The summed E-state index contributed by atoms with van der Waals surface area (Å²) < 4.78 is 0. The molecule has 0 bridgehead atoms. The van der Waals surface area contributed by atoms with Gasteiger partial charge in [0.15, 0.2) is 0 Å². The molecule has 0 heteroatoms. The maximum Gasteiger partial charge on any atom is -0.0352 e. The van der Waals surface area contributed by atoms with Gasteiger partial charge in [-0.25, -0.2) is 0 Å². The summed E-state index contributed by atoms with van der Waals surface area (Å²) in [5.41, 5.74) is 0. The first-order chi connectivity index (χ1) is 4.70. The van der Waals surface area contributed by atoms with Crippen LogP contribution in [0.5, 0.6) is 0 Å². The summed E-state index contributed by atoms with van der Waals surface area (Å²) in [6.07, 6.45) is 6.70. The fourth-order valence-corrected chi connectivity index (χ4v) is 1.61. The van der Waals surface area contributed by atoms with Crippen molar-refractivity contribution in [2.24, 2.45) is 17.8 Å². The Kier molecular flexibility index (Phi) is 2.76. The Bertz CT molecular complexity index is 84.2. The standard InChI is InChI=1S/C10H19/c1-8-4-6-9(2)10(3)7-5-8/h6,8-10H,4-5,7H2,1-3H3. The number of hydrogen-bond acceptors (Lipinski definition) is 0. The van der Waals surface area contributed by atoms with E-state index >= 15 is 0 Å². The summed E-state index contributed by atoms with van der Waals surface area (Å²) >= 11 is 0. The molecular weight excluding hydrogens is 120 g/mol. The van der Waals surface area contributed by atoms with Crippen LogP contribution in [0.1, 0.15) is 40.0 Å². The molecular formula is C10H19. The lowest BCUT2D eigenvalue weighted by molar-refractivity contribution is 0.408. The zero-order chi connectivity index (χ0) is 7.56. The Balaban J connectivity index is 2.38. The summed E-state index contributed by atoms with van der Waals surface area (Å²) in [6, 6.07) is 0. The zero-order valence-corrected chi connectivity index (χ0v) is 7.43. The van der Waals surface area contributed by atoms with Crippen LogP contribution < -0.4 is 0 Å². The zero-order valence-electron chi connectivity index (χ0n) is 7.43. The monoisotopic (exact) mass is 139 g/mol. The smallest absolute Gasteiger partial charge is 0.0352 e. The Labute approximate surface area is 65.0 Å². The molecule has 0 heterocycles. The maximum absolute atomic E-state index is 2.50. The molecule has 1 aliphatic rings. The molecule has 1 radical (unpaired) electrons. The van der Waals surface area contributed by atoms with Crippen LogP contribution in [-0.2, 0) is 0 Å². The van der Waals surface area contributed by atoms with Gasteiger partial charge in [-0.05, 0) is 30.6 Å². The largest absolute Gasteiger partial charge is 0.0625 e. The lowest BCUT2D eigenvalue weighted by atomic mass is 9.92. The van der Waals surface area contributed by atoms with Crippen molar-refractivity contribution in [3.05, 3.63) is 6.42 Å². The Morgan fingerprint density at radius 2 is 1.80 bits per heavy atom. The molecule has 59 valence electrons. The highest BCUT2D eigenvalue weighted by atomic mass is 14.2. The van der Waals surface area contributed by atoms with Crippen LogP contribution in [0, 0.1) is 24.2 Å². The molecule has 0 nitrogen and oxygen atoms in total. The second-order valence-corrected chi connectivity index (χ2v) is 3.99. The second kappa shape index (κ2) is 3.41. The molecule has 3 atom stereocenters. The van der Waals surface area contributed by atoms with Crippen molar-refractivity contribution < 1.29 is 0 Å². The molecule has 1 aliphatic carbocycles. The van der Waals surface area contributed by atoms with Crippen molar-refractivity contribution in [3.63, 3.8) is 0 Å². The SMILES string of the molecule is CC1C[CH]C(C)C(C)CC1. The lowest BCUT2D eigenvalue weighted by Gasteiger charge is -2.14. The fraction of sp³-hybridized carbons (Fsp3) is 0.900. The summed E-state index contributed by atoms with van der Waals surface area (Å²) in [7, 11) is 0. The molecule has 0 aromatic rings. The fourth-order valence-electron chi connectivity index (χ4n) is 1.61. The van der Waals surface area contributed by atoms with Crippen LogP contribution in [-0.4, -0.2) is 0 Å². The molecule has 0 aliphatic heterocycles. The predicted molar refractivity (Wildman–Crippen MR) is 45.6 cm³/mol. The van der Waals surface area contributed by atoms with E-state index in [1.807, 2.05) is 0 Å². The van der Waals surface area contributed by atoms with Gasteiger partial charge in [0.25, 0.3) is 0 Å². The van der Waals surface area contributed by atoms with E-state index in [2.05, 4.69) is 27.2 Å². The summed E-state index contributed by atoms with van der Waals surface area (Å²) in [4.78, 5) is 0. The lowest BCUT2D eigenvalue weighted by Crippen LogP contribution is -2.04. The van der Waals surface area contributed by atoms with Crippen molar-refractivity contribution in [2.75, 3.05) is 0 Å². The predicted octanol–water partition coefficient (Wildman–Crippen LogP) is 3.28. The van der Waals surface area contributed by atoms with Crippen molar-refractivity contribution in [2.45, 2.75) is 40.0 Å². The highest BCUT2D eigenvalue weighted by Gasteiger charge is 2.18. The van der Waals surface area contributed by atoms with E-state index < -0.39 is 0 Å². The molecule has 1 saturated carbocycles. The summed E-state index contributed by atoms with van der Waals surface area (Å²) in [5, 5.41) is 0. The Hall–Kier alpha value is 0. The first-order valence-corrected chi connectivity index (χ1v) is 4.53. The highest BCUT2D eigenvalue weighted by molar-refractivity contribution is 4.82. The quantitative estimate of drug-likeness (QED) is 0.452. The van der Waals surface area contributed by atoms with Crippen molar-refractivity contribution in [3.8, 4) is 0 Å². The first kappa shape index (κ1) is 8.10. The molecule has 1 rings (SSSR count). The van der Waals surface area contributed by atoms with Gasteiger partial charge in [-0.2, -0.15) is 0 Å². The van der Waals surface area contributed by atoms with E-state index in [0.717, 1.165) is 17.8 Å². The van der Waals surface area contributed by atoms with Crippen molar-refractivity contribution >= 4 is 0 Å². The number of hydrogen-bond donors (Lipinski definition) is 0. The third-order valence-electron chi connectivity index (χ3n) is 2.92. The average molecular weight is 139 g/mol. The highest BCUT2D eigenvalue weighted by Crippen LogP contribution is 2.29. The summed E-state index contributed by atoms with van der Waals surface area (Å²) in [5.74, 6) is 2.71. The minimum absolute atomic E-state index is 0.852. The third kappa shape index (κ3) is 2.00. The topological polar surface area (TPSA) is 0 Å². The molecule has 0 amide bonds. The van der Waals surface area contributed by atoms with Gasteiger partial charge in [0.1, 0.15) is 0 Å². The van der Waals surface area contributed by atoms with Gasteiger partial charge in [0, 0.05) is 0 Å². The molecule has 3 unspecified atom stereocenters. The van der Waals surface area contributed by atoms with Crippen molar-refractivity contribution in [1.82, 2.24) is 0 Å². The van der Waals surface area contributed by atoms with Gasteiger partial charge in [0.2, 0.25) is 0 Å². The van der Waals surface area contributed by atoms with Crippen LogP contribution in [0.15, 0.2) is 0 Å². The normalized spacial score (nSPS) is 42.9. The number of rotatable bonds is 0. The van der Waals surface area contributed by atoms with Crippen molar-refractivity contribution in [1.29, 1.82) is 0 Å². The average Bonchev–Trinajstić information content (AvgIpc) is 2.04. The van der Waals surface area contributed by atoms with Crippen LogP contribution >= 0.6 is 0 Å². The van der Waals surface area contributed by atoms with Crippen LogP contribution in [0.3, 0.4) is 0 Å². The second-order valence-electron chi connectivity index (χ2n) is 3.99. The van der Waals surface area contributed by atoms with Gasteiger partial charge in [-0.3, -0.25) is 0 Å². The van der Waals surface area contributed by atoms with Crippen LogP contribution in [0.2, 0.25) is 0 Å². The molecule has 0 aromatic heterocycles. The minimum Gasteiger partial charge on any atom is -0.0625 e. The van der Waals surface area contributed by atoms with Gasteiger partial charge in [-0.1, -0.05) is 33.6 Å². The van der Waals surface area contributed by atoms with Gasteiger partial charge >= 0.3 is 0 Å². The maximum atomic E-state index is 2.50. The molecule has 0 aromatic carbocycles. The van der Waals surface area contributed by atoms with Gasteiger partial charge < -0.3 is 0 Å². The van der Waals surface area contributed by atoms with Gasteiger partial charge in [0.05, 0.1) is 0 Å². The van der Waals surface area contributed by atoms with Crippen LogP contribution in [0.4, 0.5) is 0 Å². The first-order valence-electron chi connectivity index (χ1n) is 4.53. The van der Waals surface area contributed by atoms with E-state index in [4.69, 9.17) is 0 Å². The molecule has 0 spiro atoms. The Morgan fingerprint density at radius 3 is 2.50 bits per heavy atom. The molecule has 0 N–H and O–H groups in total. The van der Waals surface area contributed by atoms with E-state index in [1.54, 1.807) is 0 Å². The van der Waals surface area contributed by atoms with Gasteiger partial charge in [-0.15, -0.1) is 0 Å². The molecule has 1 fully saturated rings. The van der Waals surface area contributed by atoms with E-state index in [-0.39, 0.29) is 0 Å². The van der Waals surface area contributed by atoms with E-state index in [0.29, 0.717) is 0 Å². The molecule has 10 heavy (non-hydrogen) atoms. The Morgan fingerprint density at radius 1 is 1.10 bits per heavy atom. The molecule has 0 saturated heterocycles. The summed E-state index contributed by atoms with van der Waals surface area (Å²) in [6.45, 7) is 7.09. The minimum atomic E-state index is 0.852. The van der Waals surface area contributed by atoms with E-state index in [9.17, 15) is 0 Å². The van der Waals surface area contributed by atoms with Crippen LogP contribution in [0.25, 0.3) is 0 Å². The van der Waals surface area contributed by atoms with E-state index in [1.165, 1.54) is 19.3 Å². The third-order valence-corrected chi connectivity index (χ3v) is 2.92.